The summed E-state index contributed by atoms with van der Waals surface area (Å²) in [5.41, 5.74) is 21.9. The molecule has 0 fully saturated rings. The lowest BCUT2D eigenvalue weighted by Crippen LogP contribution is -2.28. The van der Waals surface area contributed by atoms with Crippen molar-refractivity contribution < 1.29 is 0 Å². The van der Waals surface area contributed by atoms with E-state index in [1.54, 1.807) is 0 Å². The molecule has 1 aliphatic rings. The summed E-state index contributed by atoms with van der Waals surface area (Å²) in [7, 11) is 0. The van der Waals surface area contributed by atoms with Crippen molar-refractivity contribution in [2.45, 2.75) is 5.41 Å². The largest absolute Gasteiger partial charge is 0.309 e. The Hall–Kier alpha value is -9.82. The quantitative estimate of drug-likeness (QED) is 0.123. The molecule has 0 radical (unpaired) electrons. The Kier molecular flexibility index (Phi) is 11.2. The van der Waals surface area contributed by atoms with Gasteiger partial charge in [-0.15, -0.1) is 0 Å². The molecule has 356 valence electrons. The third-order valence-electron chi connectivity index (χ3n) is 15.7. The number of benzene rings is 13. The fourth-order valence-electron chi connectivity index (χ4n) is 12.5. The van der Waals surface area contributed by atoms with Crippen LogP contribution in [0.5, 0.6) is 0 Å². The summed E-state index contributed by atoms with van der Waals surface area (Å²) >= 11 is 0. The fraction of sp³-hybridized carbons (Fsp3) is 0.0133. The van der Waals surface area contributed by atoms with Gasteiger partial charge in [0.15, 0.2) is 0 Å². The van der Waals surface area contributed by atoms with Crippen molar-refractivity contribution in [2.75, 3.05) is 4.90 Å². The SMILES string of the molecule is c1ccc(-c2ccc(N(c3ccc4c(c3)C(c3ccccc3)(c3ccccc3)c3ccccc3-4)c3ccccc3-c3ccc4c(c3)c(-c3ccccc3)c(-c3ccccc3)c3ccccc34)c(-c3ccccc3)c2)cc1. The summed E-state index contributed by atoms with van der Waals surface area (Å²) in [5, 5.41) is 4.92. The van der Waals surface area contributed by atoms with Crippen molar-refractivity contribution in [1.29, 1.82) is 0 Å². The van der Waals surface area contributed by atoms with Gasteiger partial charge in [0, 0.05) is 16.8 Å². The maximum atomic E-state index is 2.54. The summed E-state index contributed by atoms with van der Waals surface area (Å²) in [6.45, 7) is 0. The van der Waals surface area contributed by atoms with E-state index in [0.29, 0.717) is 0 Å². The second kappa shape index (κ2) is 18.9. The van der Waals surface area contributed by atoms with E-state index in [2.05, 4.69) is 314 Å². The zero-order valence-electron chi connectivity index (χ0n) is 41.9. The lowest BCUT2D eigenvalue weighted by Gasteiger charge is -2.35. The number of fused-ring (bicyclic) bond motifs is 6. The molecule has 0 heterocycles. The summed E-state index contributed by atoms with van der Waals surface area (Å²) in [4.78, 5) is 2.54. The molecule has 1 aliphatic carbocycles. The van der Waals surface area contributed by atoms with Crippen molar-refractivity contribution in [3.63, 3.8) is 0 Å². The van der Waals surface area contributed by atoms with Crippen molar-refractivity contribution in [1.82, 2.24) is 0 Å². The third-order valence-corrected chi connectivity index (χ3v) is 15.7. The Morgan fingerprint density at radius 2 is 0.684 bits per heavy atom. The highest BCUT2D eigenvalue weighted by molar-refractivity contribution is 6.22. The summed E-state index contributed by atoms with van der Waals surface area (Å²) in [6, 6.07) is 114. The molecule has 13 aromatic carbocycles. The first kappa shape index (κ1) is 44.8. The molecule has 14 rings (SSSR count). The lowest BCUT2D eigenvalue weighted by molar-refractivity contribution is 0.768. The Morgan fingerprint density at radius 1 is 0.224 bits per heavy atom. The normalized spacial score (nSPS) is 12.3. The Bertz CT molecular complexity index is 4210. The van der Waals surface area contributed by atoms with Gasteiger partial charge in [-0.3, -0.25) is 0 Å². The van der Waals surface area contributed by atoms with Gasteiger partial charge in [-0.1, -0.05) is 273 Å². The van der Waals surface area contributed by atoms with Crippen molar-refractivity contribution >= 4 is 38.6 Å². The van der Waals surface area contributed by atoms with Crippen LogP contribution in [0.4, 0.5) is 17.1 Å². The van der Waals surface area contributed by atoms with Gasteiger partial charge < -0.3 is 4.90 Å². The Balaban J connectivity index is 1.07. The Morgan fingerprint density at radius 3 is 1.33 bits per heavy atom. The number of anilines is 3. The monoisotopic (exact) mass is 965 g/mol. The van der Waals surface area contributed by atoms with E-state index in [0.717, 1.165) is 44.9 Å². The minimum absolute atomic E-state index is 0.583. The first-order valence-electron chi connectivity index (χ1n) is 26.3. The van der Waals surface area contributed by atoms with E-state index >= 15 is 0 Å². The highest BCUT2D eigenvalue weighted by Gasteiger charge is 2.46. The van der Waals surface area contributed by atoms with Gasteiger partial charge in [-0.2, -0.15) is 0 Å². The molecular weight excluding hydrogens is 915 g/mol. The van der Waals surface area contributed by atoms with Gasteiger partial charge in [0.25, 0.3) is 0 Å². The van der Waals surface area contributed by atoms with Crippen LogP contribution >= 0.6 is 0 Å². The highest BCUT2D eigenvalue weighted by atomic mass is 15.1. The number of rotatable bonds is 10. The van der Waals surface area contributed by atoms with E-state index in [1.807, 2.05) is 0 Å². The molecule has 13 aromatic rings. The van der Waals surface area contributed by atoms with E-state index < -0.39 is 5.41 Å². The van der Waals surface area contributed by atoms with E-state index in [4.69, 9.17) is 0 Å². The van der Waals surface area contributed by atoms with Crippen LogP contribution < -0.4 is 4.90 Å². The summed E-state index contributed by atoms with van der Waals surface area (Å²) in [5.74, 6) is 0. The molecule has 1 nitrogen and oxygen atoms in total. The summed E-state index contributed by atoms with van der Waals surface area (Å²) < 4.78 is 0. The average molecular weight is 966 g/mol. The van der Waals surface area contributed by atoms with Crippen LogP contribution in [0.1, 0.15) is 22.3 Å². The topological polar surface area (TPSA) is 3.24 Å². The Labute approximate surface area is 444 Å². The zero-order valence-corrected chi connectivity index (χ0v) is 41.9. The number of hydrogen-bond donors (Lipinski definition) is 0. The van der Waals surface area contributed by atoms with Crippen molar-refractivity contribution in [2.24, 2.45) is 0 Å². The first-order valence-corrected chi connectivity index (χ1v) is 26.3. The number of hydrogen-bond acceptors (Lipinski definition) is 1. The molecule has 0 aromatic heterocycles. The minimum atomic E-state index is -0.583. The number of para-hydroxylation sites is 1. The van der Waals surface area contributed by atoms with Gasteiger partial charge in [-0.05, 0) is 136 Å². The molecule has 76 heavy (non-hydrogen) atoms. The fourth-order valence-corrected chi connectivity index (χ4v) is 12.5. The van der Waals surface area contributed by atoms with Gasteiger partial charge >= 0.3 is 0 Å². The van der Waals surface area contributed by atoms with Gasteiger partial charge in [-0.25, -0.2) is 0 Å². The van der Waals surface area contributed by atoms with Crippen LogP contribution in [0.3, 0.4) is 0 Å². The molecule has 0 saturated carbocycles. The number of nitrogens with zero attached hydrogens (tertiary/aromatic N) is 1. The van der Waals surface area contributed by atoms with Crippen LogP contribution in [-0.2, 0) is 5.41 Å². The zero-order chi connectivity index (χ0) is 50.4. The van der Waals surface area contributed by atoms with Crippen LogP contribution in [0.15, 0.2) is 309 Å². The van der Waals surface area contributed by atoms with Crippen LogP contribution in [0.2, 0.25) is 0 Å². The van der Waals surface area contributed by atoms with Crippen molar-refractivity contribution in [3.05, 3.63) is 332 Å². The molecule has 0 bridgehead atoms. The smallest absolute Gasteiger partial charge is 0.0714 e. The second-order valence-corrected chi connectivity index (χ2v) is 19.9. The summed E-state index contributed by atoms with van der Waals surface area (Å²) in [6.07, 6.45) is 0. The minimum Gasteiger partial charge on any atom is -0.309 e. The molecular formula is C75H51N. The molecule has 0 N–H and O–H groups in total. The second-order valence-electron chi connectivity index (χ2n) is 19.9. The van der Waals surface area contributed by atoms with Gasteiger partial charge in [0.05, 0.1) is 16.8 Å². The van der Waals surface area contributed by atoms with Gasteiger partial charge in [0.2, 0.25) is 0 Å². The molecule has 0 aliphatic heterocycles. The molecule has 1 heteroatoms. The van der Waals surface area contributed by atoms with E-state index in [1.165, 1.54) is 82.7 Å². The van der Waals surface area contributed by atoms with Crippen molar-refractivity contribution in [3.8, 4) is 66.8 Å². The molecule has 0 unspecified atom stereocenters. The third kappa shape index (κ3) is 7.39. The first-order chi connectivity index (χ1) is 37.7. The highest BCUT2D eigenvalue weighted by Crippen LogP contribution is 2.58. The molecule has 0 spiro atoms. The van der Waals surface area contributed by atoms with Crippen LogP contribution in [-0.4, -0.2) is 0 Å². The lowest BCUT2D eigenvalue weighted by atomic mass is 9.67. The maximum Gasteiger partial charge on any atom is 0.0714 e. The van der Waals surface area contributed by atoms with Crippen LogP contribution in [0, 0.1) is 0 Å². The predicted octanol–water partition coefficient (Wildman–Crippen LogP) is 20.2. The standard InChI is InChI=1S/C75H51N/c1-7-25-52(26-8-1)56-44-48-72(67(49-56)53-27-9-2-10-28-53)76(60-45-47-65-64-39-21-23-41-69(64)75(70(65)51-60,58-33-15-5-16-34-58)59-35-17-6-18-36-59)71-42-24-22-37-61(71)57-43-46-63-62-38-19-20-40-66(62)73(54-29-11-3-12-30-54)74(68(63)50-57)55-31-13-4-14-32-55/h1-51H. The van der Waals surface area contributed by atoms with E-state index in [-0.39, 0.29) is 0 Å². The van der Waals surface area contributed by atoms with E-state index in [9.17, 15) is 0 Å². The molecule has 0 atom stereocenters. The average Bonchev–Trinajstić information content (AvgIpc) is 3.90. The molecule has 0 amide bonds. The molecule has 0 saturated heterocycles. The van der Waals surface area contributed by atoms with Crippen LogP contribution in [0.25, 0.3) is 88.3 Å². The maximum absolute atomic E-state index is 2.54. The van der Waals surface area contributed by atoms with Gasteiger partial charge in [0.1, 0.15) is 0 Å². The predicted molar refractivity (Wildman–Crippen MR) is 321 cm³/mol.